The molecule has 2 N–H and O–H groups in total. The lowest BCUT2D eigenvalue weighted by Crippen LogP contribution is -2.28. The largest absolute Gasteiger partial charge is 0.492 e. The van der Waals surface area contributed by atoms with E-state index in [1.807, 2.05) is 24.3 Å². The normalized spacial score (nSPS) is 11.9. The first-order valence-corrected chi connectivity index (χ1v) is 10.2. The Morgan fingerprint density at radius 1 is 1.07 bits per heavy atom. The van der Waals surface area contributed by atoms with Gasteiger partial charge in [0.05, 0.1) is 4.90 Å². The number of carbonyl (C=O) groups is 1. The molecule has 27 heavy (non-hydrogen) atoms. The molecule has 2 rings (SSSR count). The van der Waals surface area contributed by atoms with Gasteiger partial charge in [0.25, 0.3) is 0 Å². The number of carbonyl (C=O) groups excluding carboxylic acids is 1. The van der Waals surface area contributed by atoms with Gasteiger partial charge in [-0.3, -0.25) is 4.79 Å². The van der Waals surface area contributed by atoms with Crippen LogP contribution in [0.3, 0.4) is 0 Å². The zero-order valence-electron chi connectivity index (χ0n) is 16.1. The monoisotopic (exact) mass is 390 g/mol. The number of nitrogens with one attached hydrogen (secondary N) is 2. The van der Waals surface area contributed by atoms with Gasteiger partial charge in [-0.2, -0.15) is 0 Å². The fraction of sp³-hybridized carbons (Fsp3) is 0.350. The Bertz CT molecular complexity index is 885. The molecule has 0 aliphatic rings. The van der Waals surface area contributed by atoms with Crippen LogP contribution < -0.4 is 14.8 Å². The number of amides is 1. The van der Waals surface area contributed by atoms with Gasteiger partial charge in [-0.25, -0.2) is 13.1 Å². The lowest BCUT2D eigenvalue weighted by Gasteiger charge is -2.19. The number of rotatable bonds is 7. The highest BCUT2D eigenvalue weighted by Gasteiger charge is 2.15. The first-order valence-electron chi connectivity index (χ1n) is 8.68. The van der Waals surface area contributed by atoms with Crippen molar-refractivity contribution in [2.24, 2.45) is 0 Å². The number of anilines is 1. The average molecular weight is 391 g/mol. The van der Waals surface area contributed by atoms with Crippen molar-refractivity contribution in [3.63, 3.8) is 0 Å². The molecule has 0 aliphatic heterocycles. The minimum atomic E-state index is -3.63. The summed E-state index contributed by atoms with van der Waals surface area (Å²) in [6.07, 6.45) is 0. The zero-order valence-corrected chi connectivity index (χ0v) is 16.9. The minimum Gasteiger partial charge on any atom is -0.492 e. The van der Waals surface area contributed by atoms with E-state index >= 15 is 0 Å². The second kappa shape index (κ2) is 8.54. The highest BCUT2D eigenvalue weighted by molar-refractivity contribution is 7.89. The molecular formula is C20H26N2O4S. The highest BCUT2D eigenvalue weighted by atomic mass is 32.2. The molecule has 0 saturated carbocycles. The van der Waals surface area contributed by atoms with Crippen molar-refractivity contribution in [1.29, 1.82) is 0 Å². The smallest absolute Gasteiger partial charge is 0.240 e. The van der Waals surface area contributed by atoms with Gasteiger partial charge < -0.3 is 10.1 Å². The van der Waals surface area contributed by atoms with Crippen LogP contribution in [0.25, 0.3) is 0 Å². The van der Waals surface area contributed by atoms with Crippen LogP contribution in [0.1, 0.15) is 33.3 Å². The third-order valence-electron chi connectivity index (χ3n) is 3.85. The minimum absolute atomic E-state index is 0.0182. The van der Waals surface area contributed by atoms with Crippen molar-refractivity contribution >= 4 is 21.6 Å². The van der Waals surface area contributed by atoms with Gasteiger partial charge in [-0.05, 0) is 47.4 Å². The van der Waals surface area contributed by atoms with E-state index in [-0.39, 0.29) is 29.4 Å². The van der Waals surface area contributed by atoms with Crippen LogP contribution in [-0.4, -0.2) is 27.5 Å². The topological polar surface area (TPSA) is 84.5 Å². The Hall–Kier alpha value is -2.38. The summed E-state index contributed by atoms with van der Waals surface area (Å²) in [4.78, 5) is 11.1. The summed E-state index contributed by atoms with van der Waals surface area (Å²) in [6.45, 7) is 8.13. The Labute approximate surface area is 161 Å². The number of benzene rings is 2. The molecule has 0 bridgehead atoms. The fourth-order valence-corrected chi connectivity index (χ4v) is 3.41. The maximum atomic E-state index is 12.3. The van der Waals surface area contributed by atoms with E-state index in [1.54, 1.807) is 12.1 Å². The molecule has 1 amide bonds. The molecular weight excluding hydrogens is 364 g/mol. The Kier molecular flexibility index (Phi) is 6.62. The van der Waals surface area contributed by atoms with Crippen molar-refractivity contribution in [3.8, 4) is 5.75 Å². The Morgan fingerprint density at radius 2 is 1.74 bits per heavy atom. The number of sulfonamides is 1. The molecule has 6 nitrogen and oxygen atoms in total. The van der Waals surface area contributed by atoms with Crippen LogP contribution in [0, 0.1) is 0 Å². The van der Waals surface area contributed by atoms with Gasteiger partial charge in [-0.15, -0.1) is 0 Å². The third-order valence-corrected chi connectivity index (χ3v) is 5.32. The molecule has 0 unspecified atom stereocenters. The quantitative estimate of drug-likeness (QED) is 0.711. The number of hydrogen-bond donors (Lipinski definition) is 2. The lowest BCUT2D eigenvalue weighted by molar-refractivity contribution is -0.114. The average Bonchev–Trinajstić information content (AvgIpc) is 2.58. The van der Waals surface area contributed by atoms with E-state index in [1.165, 1.54) is 19.1 Å². The first kappa shape index (κ1) is 20.9. The van der Waals surface area contributed by atoms with Crippen molar-refractivity contribution in [2.45, 2.75) is 38.0 Å². The predicted molar refractivity (Wildman–Crippen MR) is 107 cm³/mol. The second-order valence-corrected chi connectivity index (χ2v) is 9.00. The molecule has 0 atom stereocenters. The third kappa shape index (κ3) is 6.37. The molecule has 2 aromatic carbocycles. The molecule has 2 aromatic rings. The first-order chi connectivity index (χ1) is 12.6. The maximum absolute atomic E-state index is 12.3. The van der Waals surface area contributed by atoms with E-state index in [4.69, 9.17) is 4.74 Å². The van der Waals surface area contributed by atoms with E-state index < -0.39 is 10.0 Å². The summed E-state index contributed by atoms with van der Waals surface area (Å²) < 4.78 is 32.8. The summed E-state index contributed by atoms with van der Waals surface area (Å²) in [7, 11) is -3.63. The molecule has 146 valence electrons. The standard InChI is InChI=1S/C20H26N2O4S/c1-15(23)22-17-8-10-19(11-9-17)27(24,25)21-12-13-26-18-7-5-6-16(14-18)20(2,3)4/h5-11,14,21H,12-13H2,1-4H3,(H,22,23). The molecule has 0 saturated heterocycles. The van der Waals surface area contributed by atoms with E-state index in [0.717, 1.165) is 5.56 Å². The van der Waals surface area contributed by atoms with Gasteiger partial charge in [-0.1, -0.05) is 32.9 Å². The van der Waals surface area contributed by atoms with Crippen LogP contribution in [0.4, 0.5) is 5.69 Å². The highest BCUT2D eigenvalue weighted by Crippen LogP contribution is 2.25. The fourth-order valence-electron chi connectivity index (χ4n) is 2.40. The van der Waals surface area contributed by atoms with Crippen molar-refractivity contribution in [2.75, 3.05) is 18.5 Å². The summed E-state index contributed by atoms with van der Waals surface area (Å²) in [5.41, 5.74) is 1.72. The van der Waals surface area contributed by atoms with Gasteiger partial charge in [0.1, 0.15) is 12.4 Å². The van der Waals surface area contributed by atoms with Gasteiger partial charge in [0.2, 0.25) is 15.9 Å². The molecule has 0 spiro atoms. The maximum Gasteiger partial charge on any atom is 0.240 e. The number of ether oxygens (including phenoxy) is 1. The van der Waals surface area contributed by atoms with Crippen LogP contribution in [0.2, 0.25) is 0 Å². The predicted octanol–water partition coefficient (Wildman–Crippen LogP) is 3.30. The summed E-state index contributed by atoms with van der Waals surface area (Å²) >= 11 is 0. The van der Waals surface area contributed by atoms with Crippen LogP contribution in [0.15, 0.2) is 53.4 Å². The van der Waals surface area contributed by atoms with Gasteiger partial charge in [0.15, 0.2) is 0 Å². The lowest BCUT2D eigenvalue weighted by atomic mass is 9.87. The molecule has 0 aliphatic carbocycles. The molecule has 7 heteroatoms. The molecule has 0 aromatic heterocycles. The van der Waals surface area contributed by atoms with Crippen molar-refractivity contribution in [1.82, 2.24) is 4.72 Å². The van der Waals surface area contributed by atoms with Crippen molar-refractivity contribution in [3.05, 3.63) is 54.1 Å². The molecule has 0 fully saturated rings. The van der Waals surface area contributed by atoms with Gasteiger partial charge >= 0.3 is 0 Å². The van der Waals surface area contributed by atoms with E-state index in [2.05, 4.69) is 30.8 Å². The van der Waals surface area contributed by atoms with Crippen LogP contribution in [-0.2, 0) is 20.2 Å². The molecule has 0 heterocycles. The summed E-state index contributed by atoms with van der Waals surface area (Å²) in [5, 5.41) is 2.59. The summed E-state index contributed by atoms with van der Waals surface area (Å²) in [5.74, 6) is 0.498. The van der Waals surface area contributed by atoms with Crippen LogP contribution >= 0.6 is 0 Å². The number of hydrogen-bond acceptors (Lipinski definition) is 4. The molecule has 0 radical (unpaired) electrons. The van der Waals surface area contributed by atoms with E-state index in [0.29, 0.717) is 11.4 Å². The summed E-state index contributed by atoms with van der Waals surface area (Å²) in [6, 6.07) is 13.8. The van der Waals surface area contributed by atoms with Gasteiger partial charge in [0, 0.05) is 19.2 Å². The Morgan fingerprint density at radius 3 is 2.33 bits per heavy atom. The SMILES string of the molecule is CC(=O)Nc1ccc(S(=O)(=O)NCCOc2cccc(C(C)(C)C)c2)cc1. The van der Waals surface area contributed by atoms with Crippen molar-refractivity contribution < 1.29 is 17.9 Å². The zero-order chi connectivity index (χ0) is 20.1. The second-order valence-electron chi connectivity index (χ2n) is 7.23. The Balaban J connectivity index is 1.90. The van der Waals surface area contributed by atoms with E-state index in [9.17, 15) is 13.2 Å². The van der Waals surface area contributed by atoms with Crippen LogP contribution in [0.5, 0.6) is 5.75 Å².